The van der Waals surface area contributed by atoms with Gasteiger partial charge in [0, 0.05) is 20.3 Å². The van der Waals surface area contributed by atoms with Gasteiger partial charge in [0.05, 0.1) is 13.1 Å². The fraction of sp³-hybridized carbons (Fsp3) is 0.706. The van der Waals surface area contributed by atoms with E-state index in [-0.39, 0.29) is 24.0 Å². The van der Waals surface area contributed by atoms with Crippen LogP contribution in [0, 0.1) is 0 Å². The molecule has 27 heavy (non-hydrogen) atoms. The van der Waals surface area contributed by atoms with E-state index in [4.69, 9.17) is 0 Å². The number of carboxylic acids is 2. The molecule has 2 saturated heterocycles. The highest BCUT2D eigenvalue weighted by Gasteiger charge is 2.60. The monoisotopic (exact) mass is 384 g/mol. The lowest BCUT2D eigenvalue weighted by molar-refractivity contribution is -0.928. The van der Waals surface area contributed by atoms with Gasteiger partial charge in [-0.05, 0) is 19.3 Å². The number of carboxylic acid groups (broad SMARTS) is 2. The number of quaternary nitrogens is 1. The van der Waals surface area contributed by atoms with Gasteiger partial charge < -0.3 is 20.0 Å². The summed E-state index contributed by atoms with van der Waals surface area (Å²) in [5.74, 6) is -4.41. The first kappa shape index (κ1) is 20.8. The minimum absolute atomic E-state index is 0.0503. The van der Waals surface area contributed by atoms with Crippen LogP contribution in [-0.2, 0) is 24.0 Å². The summed E-state index contributed by atoms with van der Waals surface area (Å²) in [6.07, 6.45) is 2.21. The minimum atomic E-state index is -1.62. The Kier molecular flexibility index (Phi) is 5.88. The third-order valence-corrected chi connectivity index (χ3v) is 5.36. The smallest absolute Gasteiger partial charge is 0.359 e. The number of carbonyl (C=O) groups excluding carboxylic acids is 3. The molecule has 0 spiro atoms. The molecule has 2 fully saturated rings. The maximum absolute atomic E-state index is 13.1. The quantitative estimate of drug-likeness (QED) is 0.508. The molecule has 2 aliphatic heterocycles. The summed E-state index contributed by atoms with van der Waals surface area (Å²) in [5, 5.41) is 21.4. The predicted octanol–water partition coefficient (Wildman–Crippen LogP) is -0.821. The van der Waals surface area contributed by atoms with Crippen molar-refractivity contribution in [2.75, 3.05) is 26.2 Å². The Morgan fingerprint density at radius 2 is 1.74 bits per heavy atom. The summed E-state index contributed by atoms with van der Waals surface area (Å²) in [6.45, 7) is 3.05. The number of amides is 3. The van der Waals surface area contributed by atoms with Gasteiger partial charge >= 0.3 is 11.9 Å². The number of hydrogen-bond donors (Lipinski definition) is 3. The van der Waals surface area contributed by atoms with Crippen LogP contribution in [0.1, 0.15) is 39.5 Å². The van der Waals surface area contributed by atoms with Gasteiger partial charge in [0.15, 0.2) is 12.1 Å². The van der Waals surface area contributed by atoms with E-state index in [1.807, 2.05) is 0 Å². The Balaban J connectivity index is 2.48. The van der Waals surface area contributed by atoms with E-state index >= 15 is 0 Å². The number of hydrogen-bond acceptors (Lipinski definition) is 5. The van der Waals surface area contributed by atoms with Gasteiger partial charge in [0.2, 0.25) is 11.8 Å². The number of carbonyl (C=O) groups is 5. The van der Waals surface area contributed by atoms with Crippen molar-refractivity contribution in [3.63, 3.8) is 0 Å². The van der Waals surface area contributed by atoms with Crippen LogP contribution < -0.4 is 5.32 Å². The molecule has 0 aromatic rings. The maximum atomic E-state index is 13.1. The zero-order valence-corrected chi connectivity index (χ0v) is 15.6. The molecule has 2 rings (SSSR count). The number of nitrogens with zero attached hydrogens (tertiary/aromatic N) is 2. The van der Waals surface area contributed by atoms with E-state index in [9.17, 15) is 34.2 Å². The molecule has 150 valence electrons. The van der Waals surface area contributed by atoms with Crippen molar-refractivity contribution in [2.24, 2.45) is 0 Å². The van der Waals surface area contributed by atoms with Gasteiger partial charge in [-0.2, -0.15) is 0 Å². The van der Waals surface area contributed by atoms with Gasteiger partial charge in [0.1, 0.15) is 12.6 Å². The Bertz CT molecular complexity index is 671. The maximum Gasteiger partial charge on any atom is 0.359 e. The van der Waals surface area contributed by atoms with E-state index in [2.05, 4.69) is 5.32 Å². The van der Waals surface area contributed by atoms with E-state index < -0.39 is 41.2 Å². The zero-order chi connectivity index (χ0) is 20.4. The molecular weight excluding hydrogens is 358 g/mol. The normalized spacial score (nSPS) is 27.3. The Morgan fingerprint density at radius 3 is 2.15 bits per heavy atom. The molecule has 2 aliphatic rings. The second-order valence-electron chi connectivity index (χ2n) is 7.58. The highest BCUT2D eigenvalue weighted by molar-refractivity contribution is 6.06. The summed E-state index contributed by atoms with van der Waals surface area (Å²) in [4.78, 5) is 60.6. The molecule has 0 aromatic carbocycles. The lowest BCUT2D eigenvalue weighted by Gasteiger charge is -2.45. The number of nitrogens with one attached hydrogen (secondary N) is 1. The molecule has 10 nitrogen and oxygen atoms in total. The van der Waals surface area contributed by atoms with Crippen LogP contribution in [0.4, 0.5) is 0 Å². The number of aliphatic carboxylic acids is 2. The highest BCUT2D eigenvalue weighted by atomic mass is 16.4. The van der Waals surface area contributed by atoms with E-state index in [0.29, 0.717) is 18.0 Å². The topological polar surface area (TPSA) is 141 Å². The van der Waals surface area contributed by atoms with Crippen molar-refractivity contribution in [3.05, 3.63) is 0 Å². The van der Waals surface area contributed by atoms with Gasteiger partial charge in [-0.25, -0.2) is 9.59 Å². The lowest BCUT2D eigenvalue weighted by Crippen LogP contribution is -2.67. The van der Waals surface area contributed by atoms with E-state index in [1.54, 1.807) is 0 Å². The molecule has 10 heteroatoms. The number of rotatable bonds is 6. The lowest BCUT2D eigenvalue weighted by atomic mass is 9.91. The van der Waals surface area contributed by atoms with Gasteiger partial charge in [0.25, 0.3) is 5.91 Å². The third-order valence-electron chi connectivity index (χ3n) is 5.36. The van der Waals surface area contributed by atoms with Crippen LogP contribution in [0.25, 0.3) is 0 Å². The highest BCUT2D eigenvalue weighted by Crippen LogP contribution is 2.34. The van der Waals surface area contributed by atoms with Gasteiger partial charge in [-0.3, -0.25) is 19.3 Å². The van der Waals surface area contributed by atoms with E-state index in [1.165, 1.54) is 6.92 Å². The molecular formula is C17H26N3O7+. The van der Waals surface area contributed by atoms with E-state index in [0.717, 1.165) is 26.2 Å². The molecule has 0 radical (unpaired) electrons. The second kappa shape index (κ2) is 7.63. The first-order chi connectivity index (χ1) is 12.5. The van der Waals surface area contributed by atoms with Crippen molar-refractivity contribution in [3.8, 4) is 0 Å². The molecule has 2 atom stereocenters. The Morgan fingerprint density at radius 1 is 1.15 bits per heavy atom. The van der Waals surface area contributed by atoms with Gasteiger partial charge in [-0.1, -0.05) is 0 Å². The molecule has 3 N–H and O–H groups in total. The van der Waals surface area contributed by atoms with Crippen LogP contribution in [-0.4, -0.2) is 87.0 Å². The third kappa shape index (κ3) is 4.26. The Labute approximate surface area is 156 Å². The molecule has 0 saturated carbocycles. The first-order valence-electron chi connectivity index (χ1n) is 8.95. The van der Waals surface area contributed by atoms with Crippen molar-refractivity contribution < 1.29 is 38.7 Å². The van der Waals surface area contributed by atoms with Crippen LogP contribution >= 0.6 is 0 Å². The van der Waals surface area contributed by atoms with Crippen LogP contribution in [0.5, 0.6) is 0 Å². The molecule has 0 aliphatic carbocycles. The largest absolute Gasteiger partial charge is 0.480 e. The summed E-state index contributed by atoms with van der Waals surface area (Å²) in [7, 11) is 0. The van der Waals surface area contributed by atoms with Crippen molar-refractivity contribution in [2.45, 2.75) is 51.1 Å². The molecule has 3 amide bonds. The molecule has 0 bridgehead atoms. The van der Waals surface area contributed by atoms with Crippen molar-refractivity contribution in [1.29, 1.82) is 0 Å². The van der Waals surface area contributed by atoms with Crippen LogP contribution in [0.15, 0.2) is 0 Å². The predicted molar refractivity (Wildman–Crippen MR) is 91.3 cm³/mol. The summed E-state index contributed by atoms with van der Waals surface area (Å²) in [5.41, 5.74) is -1.62. The van der Waals surface area contributed by atoms with Crippen molar-refractivity contribution in [1.82, 2.24) is 10.2 Å². The SMILES string of the molecule is CC(=O)NC1(C[N+]2(CC(=O)O)CCCCC2)CC(C(=O)O)N(C(C)=O)C1=O. The van der Waals surface area contributed by atoms with Crippen LogP contribution in [0.2, 0.25) is 0 Å². The standard InChI is InChI=1S/C17H25N3O7/c1-11(21)18-17(8-13(15(25)26)19(12(2)22)16(17)27)10-20(9-14(23)24)6-4-3-5-7-20/h13H,3-10H2,1-2H3,(H2-,18,21,23,24,25,26)/p+1. The average molecular weight is 384 g/mol. The summed E-state index contributed by atoms with van der Waals surface area (Å²) >= 11 is 0. The Hall–Kier alpha value is -2.49. The number of likely N-dealkylation sites (tertiary alicyclic amines) is 2. The molecule has 2 heterocycles. The van der Waals surface area contributed by atoms with Gasteiger partial charge in [-0.15, -0.1) is 0 Å². The number of imide groups is 1. The zero-order valence-electron chi connectivity index (χ0n) is 15.6. The average Bonchev–Trinajstić information content (AvgIpc) is 2.79. The number of piperidine rings is 1. The summed E-state index contributed by atoms with van der Waals surface area (Å²) in [6, 6.07) is -1.39. The van der Waals surface area contributed by atoms with Crippen LogP contribution in [0.3, 0.4) is 0 Å². The second-order valence-corrected chi connectivity index (χ2v) is 7.58. The minimum Gasteiger partial charge on any atom is -0.480 e. The fourth-order valence-corrected chi connectivity index (χ4v) is 4.47. The summed E-state index contributed by atoms with van der Waals surface area (Å²) < 4.78 is 0.0689. The molecule has 0 aromatic heterocycles. The molecule has 2 unspecified atom stereocenters. The fourth-order valence-electron chi connectivity index (χ4n) is 4.47. The van der Waals surface area contributed by atoms with Crippen molar-refractivity contribution >= 4 is 29.7 Å². The first-order valence-corrected chi connectivity index (χ1v) is 8.95.